The number of imidazole rings is 1. The van der Waals surface area contributed by atoms with Crippen LogP contribution < -0.4 is 10.7 Å². The fourth-order valence-electron chi connectivity index (χ4n) is 3.64. The highest BCUT2D eigenvalue weighted by molar-refractivity contribution is 5.92. The molecule has 4 rings (SSSR count). The molecule has 10 heteroatoms. The van der Waals surface area contributed by atoms with Gasteiger partial charge in [-0.1, -0.05) is 42.5 Å². The molecule has 1 atom stereocenters. The van der Waals surface area contributed by atoms with Crippen molar-refractivity contribution in [2.45, 2.75) is 19.1 Å². The van der Waals surface area contributed by atoms with E-state index in [4.69, 9.17) is 0 Å². The van der Waals surface area contributed by atoms with Gasteiger partial charge in [0.2, 0.25) is 5.43 Å². The zero-order valence-electron chi connectivity index (χ0n) is 18.2. The number of aryl methyl sites for hydroxylation is 2. The lowest BCUT2D eigenvalue weighted by Crippen LogP contribution is -2.36. The van der Waals surface area contributed by atoms with E-state index < -0.39 is 34.8 Å². The van der Waals surface area contributed by atoms with Crippen molar-refractivity contribution >= 4 is 5.91 Å². The number of alkyl halides is 3. The molecule has 0 aliphatic carbocycles. The Morgan fingerprint density at radius 3 is 2.38 bits per heavy atom. The smallest absolute Gasteiger partial charge is 0.336 e. The van der Waals surface area contributed by atoms with Crippen molar-refractivity contribution in [3.05, 3.63) is 112 Å². The first-order chi connectivity index (χ1) is 16.2. The Morgan fingerprint density at radius 2 is 1.74 bits per heavy atom. The molecule has 2 aromatic carbocycles. The van der Waals surface area contributed by atoms with E-state index in [1.165, 1.54) is 25.1 Å². The number of hydrogen-bond acceptors (Lipinski definition) is 4. The zero-order chi connectivity index (χ0) is 24.5. The lowest BCUT2D eigenvalue weighted by molar-refractivity contribution is -0.137. The summed E-state index contributed by atoms with van der Waals surface area (Å²) in [6.07, 6.45) is -1.36. The Kier molecular flexibility index (Phi) is 6.06. The van der Waals surface area contributed by atoms with Gasteiger partial charge in [0.15, 0.2) is 5.69 Å². The zero-order valence-corrected chi connectivity index (χ0v) is 18.2. The van der Waals surface area contributed by atoms with Gasteiger partial charge in [-0.25, -0.2) is 9.67 Å². The summed E-state index contributed by atoms with van der Waals surface area (Å²) in [5, 5.41) is 6.79. The predicted molar refractivity (Wildman–Crippen MR) is 119 cm³/mol. The molecule has 2 heterocycles. The average molecular weight is 467 g/mol. The van der Waals surface area contributed by atoms with Crippen molar-refractivity contribution in [1.82, 2.24) is 24.6 Å². The first-order valence-corrected chi connectivity index (χ1v) is 10.3. The van der Waals surface area contributed by atoms with E-state index in [1.807, 2.05) is 6.07 Å². The first kappa shape index (κ1) is 23.0. The van der Waals surface area contributed by atoms with E-state index in [0.29, 0.717) is 11.4 Å². The van der Waals surface area contributed by atoms with Crippen LogP contribution >= 0.6 is 0 Å². The normalized spacial score (nSPS) is 12.4. The van der Waals surface area contributed by atoms with E-state index in [0.717, 1.165) is 16.8 Å². The maximum Gasteiger partial charge on any atom is 0.418 e. The van der Waals surface area contributed by atoms with Crippen molar-refractivity contribution in [2.75, 3.05) is 0 Å². The van der Waals surface area contributed by atoms with E-state index in [2.05, 4.69) is 15.4 Å². The Bertz CT molecular complexity index is 1390. The second kappa shape index (κ2) is 8.97. The maximum atomic E-state index is 13.6. The minimum Gasteiger partial charge on any atom is -0.336 e. The van der Waals surface area contributed by atoms with Crippen molar-refractivity contribution in [1.29, 1.82) is 0 Å². The van der Waals surface area contributed by atoms with Gasteiger partial charge < -0.3 is 9.88 Å². The summed E-state index contributed by atoms with van der Waals surface area (Å²) in [5.41, 5.74) is -1.59. The molecule has 174 valence electrons. The molecule has 0 aliphatic rings. The molecule has 0 radical (unpaired) electrons. The third-order valence-corrected chi connectivity index (χ3v) is 5.29. The molecule has 1 amide bonds. The molecule has 0 aliphatic heterocycles. The van der Waals surface area contributed by atoms with Crippen LogP contribution in [0, 0.1) is 6.92 Å². The van der Waals surface area contributed by atoms with Gasteiger partial charge in [0.05, 0.1) is 11.3 Å². The van der Waals surface area contributed by atoms with E-state index in [9.17, 15) is 22.8 Å². The predicted octanol–water partition coefficient (Wildman–Crippen LogP) is 3.81. The number of benzene rings is 2. The van der Waals surface area contributed by atoms with Gasteiger partial charge in [0.25, 0.3) is 5.91 Å². The van der Waals surface area contributed by atoms with Crippen molar-refractivity contribution in [2.24, 2.45) is 7.05 Å². The number of nitrogens with one attached hydrogen (secondary N) is 1. The van der Waals surface area contributed by atoms with Gasteiger partial charge in [-0.2, -0.15) is 18.3 Å². The fraction of sp³-hybridized carbons (Fsp3) is 0.167. The van der Waals surface area contributed by atoms with Crippen LogP contribution in [0.4, 0.5) is 13.2 Å². The molecule has 0 saturated heterocycles. The van der Waals surface area contributed by atoms with Crippen LogP contribution in [0.25, 0.3) is 5.69 Å². The summed E-state index contributed by atoms with van der Waals surface area (Å²) in [6, 6.07) is 14.2. The molecule has 4 aromatic rings. The number of halogens is 3. The van der Waals surface area contributed by atoms with Gasteiger partial charge in [-0.05, 0) is 24.6 Å². The number of hydrogen-bond donors (Lipinski definition) is 1. The van der Waals surface area contributed by atoms with Crippen molar-refractivity contribution in [3.8, 4) is 5.69 Å². The van der Waals surface area contributed by atoms with Gasteiger partial charge in [-0.3, -0.25) is 9.59 Å². The lowest BCUT2D eigenvalue weighted by Gasteiger charge is -2.20. The monoisotopic (exact) mass is 467 g/mol. The van der Waals surface area contributed by atoms with Gasteiger partial charge in [-0.15, -0.1) is 0 Å². The third kappa shape index (κ3) is 4.47. The van der Waals surface area contributed by atoms with Crippen LogP contribution in [-0.2, 0) is 13.2 Å². The molecule has 0 bridgehead atoms. The second-order valence-electron chi connectivity index (χ2n) is 7.64. The molecular formula is C24H20F3N5O2. The summed E-state index contributed by atoms with van der Waals surface area (Å²) in [5.74, 6) is -0.325. The molecule has 2 aromatic heterocycles. The second-order valence-corrected chi connectivity index (χ2v) is 7.64. The summed E-state index contributed by atoms with van der Waals surface area (Å²) in [7, 11) is 1.76. The van der Waals surface area contributed by atoms with Crippen LogP contribution in [0.2, 0.25) is 0 Å². The van der Waals surface area contributed by atoms with E-state index >= 15 is 0 Å². The number of nitrogens with zero attached hydrogens (tertiary/aromatic N) is 4. The molecule has 1 N–H and O–H groups in total. The molecule has 0 unspecified atom stereocenters. The highest BCUT2D eigenvalue weighted by atomic mass is 19.4. The molecule has 0 fully saturated rings. The molecule has 0 spiro atoms. The SMILES string of the molecule is Cc1cc(=O)c(C(=O)N[C@H](c2ccccc2)c2nccn2C)nn1-c1ccccc1C(F)(F)F. The van der Waals surface area contributed by atoms with Gasteiger partial charge in [0, 0.05) is 31.2 Å². The molecule has 0 saturated carbocycles. The van der Waals surface area contributed by atoms with Crippen molar-refractivity contribution < 1.29 is 18.0 Å². The number of rotatable bonds is 5. The van der Waals surface area contributed by atoms with E-state index in [1.54, 1.807) is 48.3 Å². The standard InChI is InChI=1S/C24H20F3N5O2/c1-15-14-19(33)21(30-32(15)18-11-7-6-10-17(18)24(25,26)27)23(34)29-20(16-8-4-3-5-9-16)22-28-12-13-31(22)2/h3-14,20H,1-2H3,(H,29,34)/t20-/m1/s1. The summed E-state index contributed by atoms with van der Waals surface area (Å²) < 4.78 is 43.4. The first-order valence-electron chi connectivity index (χ1n) is 10.3. The number of amides is 1. The summed E-state index contributed by atoms with van der Waals surface area (Å²) in [6.45, 7) is 1.45. The Balaban J connectivity index is 1.78. The topological polar surface area (TPSA) is 81.8 Å². The largest absolute Gasteiger partial charge is 0.418 e. The lowest BCUT2D eigenvalue weighted by atomic mass is 10.1. The average Bonchev–Trinajstić information content (AvgIpc) is 3.23. The van der Waals surface area contributed by atoms with Crippen molar-refractivity contribution in [3.63, 3.8) is 0 Å². The van der Waals surface area contributed by atoms with Crippen LogP contribution in [0.5, 0.6) is 0 Å². The number of carbonyl (C=O) groups is 1. The molecule has 34 heavy (non-hydrogen) atoms. The van der Waals surface area contributed by atoms with Crippen LogP contribution in [0.15, 0.2) is 77.9 Å². The van der Waals surface area contributed by atoms with Crippen LogP contribution in [0.1, 0.15) is 39.2 Å². The Labute approximate surface area is 192 Å². The highest BCUT2D eigenvalue weighted by Gasteiger charge is 2.34. The minimum atomic E-state index is -4.65. The number of aromatic nitrogens is 4. The van der Waals surface area contributed by atoms with E-state index in [-0.39, 0.29) is 11.4 Å². The summed E-state index contributed by atoms with van der Waals surface area (Å²) >= 11 is 0. The number of para-hydroxylation sites is 1. The Hall–Kier alpha value is -4.21. The molecular weight excluding hydrogens is 447 g/mol. The fourth-order valence-corrected chi connectivity index (χ4v) is 3.64. The molecule has 7 nitrogen and oxygen atoms in total. The minimum absolute atomic E-state index is 0.155. The Morgan fingerprint density at radius 1 is 1.06 bits per heavy atom. The quantitative estimate of drug-likeness (QED) is 0.484. The third-order valence-electron chi connectivity index (χ3n) is 5.29. The highest BCUT2D eigenvalue weighted by Crippen LogP contribution is 2.33. The maximum absolute atomic E-state index is 13.6. The van der Waals surface area contributed by atoms with Gasteiger partial charge >= 0.3 is 6.18 Å². The number of carbonyl (C=O) groups excluding carboxylic acids is 1. The van der Waals surface area contributed by atoms with Crippen LogP contribution in [-0.4, -0.2) is 25.2 Å². The van der Waals surface area contributed by atoms with Gasteiger partial charge in [0.1, 0.15) is 11.9 Å². The van der Waals surface area contributed by atoms with Crippen LogP contribution in [0.3, 0.4) is 0 Å². The summed E-state index contributed by atoms with van der Waals surface area (Å²) in [4.78, 5) is 30.1.